The highest BCUT2D eigenvalue weighted by Gasteiger charge is 2.00. The molecule has 2 rings (SSSR count). The summed E-state index contributed by atoms with van der Waals surface area (Å²) in [6, 6.07) is 15.6. The van der Waals surface area contributed by atoms with Crippen molar-refractivity contribution in [2.75, 3.05) is 7.11 Å². The molecule has 0 heterocycles. The van der Waals surface area contributed by atoms with Gasteiger partial charge in [0.1, 0.15) is 18.1 Å². The predicted octanol–water partition coefficient (Wildman–Crippen LogP) is 3.56. The molecule has 0 bridgehead atoms. The van der Waals surface area contributed by atoms with Gasteiger partial charge in [-0.15, -0.1) is 12.6 Å². The van der Waals surface area contributed by atoms with Crippen LogP contribution < -0.4 is 9.47 Å². The van der Waals surface area contributed by atoms with Crippen LogP contribution in [0.2, 0.25) is 0 Å². The van der Waals surface area contributed by atoms with E-state index in [1.54, 1.807) is 7.11 Å². The lowest BCUT2D eigenvalue weighted by molar-refractivity contribution is 0.303. The van der Waals surface area contributed by atoms with Crippen molar-refractivity contribution in [1.82, 2.24) is 0 Å². The highest BCUT2D eigenvalue weighted by Crippen LogP contribution is 2.25. The summed E-state index contributed by atoms with van der Waals surface area (Å²) >= 11 is 4.30. The third kappa shape index (κ3) is 3.43. The van der Waals surface area contributed by atoms with Crippen molar-refractivity contribution in [3.8, 4) is 11.5 Å². The van der Waals surface area contributed by atoms with Gasteiger partial charge in [-0.05, 0) is 17.7 Å². The van der Waals surface area contributed by atoms with Crippen LogP contribution in [0.3, 0.4) is 0 Å². The molecule has 0 aromatic heterocycles. The maximum Gasteiger partial charge on any atom is 0.124 e. The second kappa shape index (κ2) is 5.64. The standard InChI is InChI=1S/C14H14O2S/c1-15-12-7-13(9-14(17)8-12)16-10-11-5-3-2-4-6-11/h2-9,17H,10H2,1H3. The maximum atomic E-state index is 5.69. The number of thiol groups is 1. The van der Waals surface area contributed by atoms with Crippen LogP contribution in [0.25, 0.3) is 0 Å². The van der Waals surface area contributed by atoms with Crippen LogP contribution in [0.15, 0.2) is 53.4 Å². The van der Waals surface area contributed by atoms with Crippen LogP contribution in [0.4, 0.5) is 0 Å². The molecule has 0 N–H and O–H groups in total. The summed E-state index contributed by atoms with van der Waals surface area (Å²) in [5.74, 6) is 1.51. The predicted molar refractivity (Wildman–Crippen MR) is 71.0 cm³/mol. The van der Waals surface area contributed by atoms with Crippen molar-refractivity contribution >= 4 is 12.6 Å². The molecular formula is C14H14O2S. The minimum Gasteiger partial charge on any atom is -0.497 e. The lowest BCUT2D eigenvalue weighted by Gasteiger charge is -2.08. The molecule has 0 unspecified atom stereocenters. The quantitative estimate of drug-likeness (QED) is 0.831. The first-order chi connectivity index (χ1) is 8.28. The van der Waals surface area contributed by atoms with Crippen molar-refractivity contribution in [3.63, 3.8) is 0 Å². The maximum absolute atomic E-state index is 5.69. The van der Waals surface area contributed by atoms with Crippen molar-refractivity contribution in [3.05, 3.63) is 54.1 Å². The first-order valence-corrected chi connectivity index (χ1v) is 5.77. The molecule has 2 nitrogen and oxygen atoms in total. The number of hydrogen-bond donors (Lipinski definition) is 1. The lowest BCUT2D eigenvalue weighted by Crippen LogP contribution is -1.95. The number of hydrogen-bond acceptors (Lipinski definition) is 3. The second-order valence-corrected chi connectivity index (χ2v) is 4.16. The molecule has 0 aliphatic rings. The smallest absolute Gasteiger partial charge is 0.124 e. The molecule has 0 spiro atoms. The molecule has 0 saturated heterocycles. The number of methoxy groups -OCH3 is 1. The lowest BCUT2D eigenvalue weighted by atomic mass is 10.2. The summed E-state index contributed by atoms with van der Waals surface area (Å²) in [6.07, 6.45) is 0. The number of rotatable bonds is 4. The van der Waals surface area contributed by atoms with E-state index in [1.807, 2.05) is 48.5 Å². The fourth-order valence-electron chi connectivity index (χ4n) is 1.50. The Kier molecular flexibility index (Phi) is 3.94. The van der Waals surface area contributed by atoms with Gasteiger partial charge in [-0.1, -0.05) is 30.3 Å². The third-order valence-corrected chi connectivity index (χ3v) is 2.61. The van der Waals surface area contributed by atoms with Gasteiger partial charge in [-0.3, -0.25) is 0 Å². The van der Waals surface area contributed by atoms with Crippen molar-refractivity contribution in [2.24, 2.45) is 0 Å². The average Bonchev–Trinajstić information content (AvgIpc) is 2.37. The second-order valence-electron chi connectivity index (χ2n) is 3.64. The van der Waals surface area contributed by atoms with Gasteiger partial charge in [0.2, 0.25) is 0 Å². The Morgan fingerprint density at radius 2 is 1.71 bits per heavy atom. The summed E-state index contributed by atoms with van der Waals surface area (Å²) in [4.78, 5) is 0.826. The Hall–Kier alpha value is -1.61. The number of benzene rings is 2. The molecule has 0 fully saturated rings. The highest BCUT2D eigenvalue weighted by molar-refractivity contribution is 7.80. The topological polar surface area (TPSA) is 18.5 Å². The van der Waals surface area contributed by atoms with Crippen LogP contribution >= 0.6 is 12.6 Å². The largest absolute Gasteiger partial charge is 0.497 e. The molecule has 2 aromatic rings. The summed E-state index contributed by atoms with van der Waals surface area (Å²) in [5, 5.41) is 0. The van der Waals surface area contributed by atoms with E-state index >= 15 is 0 Å². The molecule has 17 heavy (non-hydrogen) atoms. The molecule has 0 saturated carbocycles. The summed E-state index contributed by atoms with van der Waals surface area (Å²) < 4.78 is 10.8. The monoisotopic (exact) mass is 246 g/mol. The van der Waals surface area contributed by atoms with E-state index in [0.29, 0.717) is 6.61 Å². The molecular weight excluding hydrogens is 232 g/mol. The van der Waals surface area contributed by atoms with Crippen molar-refractivity contribution in [2.45, 2.75) is 11.5 Å². The molecule has 2 aromatic carbocycles. The van der Waals surface area contributed by atoms with Crippen LogP contribution in [0.1, 0.15) is 5.56 Å². The Balaban J connectivity index is 2.06. The zero-order valence-electron chi connectivity index (χ0n) is 9.59. The van der Waals surface area contributed by atoms with E-state index in [-0.39, 0.29) is 0 Å². The first kappa shape index (κ1) is 11.9. The Morgan fingerprint density at radius 3 is 2.41 bits per heavy atom. The molecule has 0 amide bonds. The van der Waals surface area contributed by atoms with Gasteiger partial charge >= 0.3 is 0 Å². The van der Waals surface area contributed by atoms with Gasteiger partial charge in [-0.2, -0.15) is 0 Å². The molecule has 88 valence electrons. The third-order valence-electron chi connectivity index (χ3n) is 2.35. The van der Waals surface area contributed by atoms with Crippen molar-refractivity contribution < 1.29 is 9.47 Å². The van der Waals surface area contributed by atoms with Gasteiger partial charge in [0.15, 0.2) is 0 Å². The zero-order valence-corrected chi connectivity index (χ0v) is 10.5. The minimum absolute atomic E-state index is 0.543. The SMILES string of the molecule is COc1cc(S)cc(OCc2ccccc2)c1. The normalized spacial score (nSPS) is 10.0. The zero-order chi connectivity index (χ0) is 12.1. The Morgan fingerprint density at radius 1 is 1.00 bits per heavy atom. The van der Waals surface area contributed by atoms with Gasteiger partial charge in [-0.25, -0.2) is 0 Å². The Labute approximate surface area is 107 Å². The first-order valence-electron chi connectivity index (χ1n) is 5.33. The van der Waals surface area contributed by atoms with Gasteiger partial charge in [0.05, 0.1) is 7.11 Å². The van der Waals surface area contributed by atoms with Gasteiger partial charge in [0, 0.05) is 11.0 Å². The summed E-state index contributed by atoms with van der Waals surface area (Å²) in [6.45, 7) is 0.543. The fraction of sp³-hybridized carbons (Fsp3) is 0.143. The Bertz CT molecular complexity index is 483. The van der Waals surface area contributed by atoms with E-state index in [1.165, 1.54) is 0 Å². The molecule has 0 radical (unpaired) electrons. The van der Waals surface area contributed by atoms with E-state index in [4.69, 9.17) is 9.47 Å². The van der Waals surface area contributed by atoms with Crippen LogP contribution in [0.5, 0.6) is 11.5 Å². The average molecular weight is 246 g/mol. The van der Waals surface area contributed by atoms with Crippen LogP contribution in [0, 0.1) is 0 Å². The number of ether oxygens (including phenoxy) is 2. The highest BCUT2D eigenvalue weighted by atomic mass is 32.1. The van der Waals surface area contributed by atoms with E-state index in [0.717, 1.165) is 22.0 Å². The molecule has 0 aliphatic carbocycles. The van der Waals surface area contributed by atoms with Crippen LogP contribution in [-0.4, -0.2) is 7.11 Å². The van der Waals surface area contributed by atoms with Crippen molar-refractivity contribution in [1.29, 1.82) is 0 Å². The molecule has 0 aliphatic heterocycles. The molecule has 0 atom stereocenters. The fourth-order valence-corrected chi connectivity index (χ4v) is 1.75. The van der Waals surface area contributed by atoms with Crippen LogP contribution in [-0.2, 0) is 6.61 Å². The van der Waals surface area contributed by atoms with E-state index in [2.05, 4.69) is 12.6 Å². The van der Waals surface area contributed by atoms with E-state index in [9.17, 15) is 0 Å². The molecule has 3 heteroatoms. The van der Waals surface area contributed by atoms with E-state index < -0.39 is 0 Å². The summed E-state index contributed by atoms with van der Waals surface area (Å²) in [5.41, 5.74) is 1.14. The van der Waals surface area contributed by atoms with Gasteiger partial charge in [0.25, 0.3) is 0 Å². The van der Waals surface area contributed by atoms with Gasteiger partial charge < -0.3 is 9.47 Å². The summed E-state index contributed by atoms with van der Waals surface area (Å²) in [7, 11) is 1.63. The minimum atomic E-state index is 0.543.